The van der Waals surface area contributed by atoms with Gasteiger partial charge in [0.1, 0.15) is 5.78 Å². The molecule has 0 rings (SSSR count). The van der Waals surface area contributed by atoms with Crippen molar-refractivity contribution in [2.45, 2.75) is 54.1 Å². The van der Waals surface area contributed by atoms with Gasteiger partial charge in [0, 0.05) is 18.9 Å². The maximum atomic E-state index is 11.5. The number of hydrogen-bond donors (Lipinski definition) is 0. The highest BCUT2D eigenvalue weighted by Crippen LogP contribution is 2.15. The average Bonchev–Trinajstić information content (AvgIpc) is 2.13. The van der Waals surface area contributed by atoms with Gasteiger partial charge < -0.3 is 4.74 Å². The molecule has 0 bridgehead atoms. The highest BCUT2D eigenvalue weighted by molar-refractivity contribution is 5.80. The molecule has 0 aromatic carbocycles. The first-order chi connectivity index (χ1) is 6.84. The summed E-state index contributed by atoms with van der Waals surface area (Å²) in [5, 5.41) is 0. The van der Waals surface area contributed by atoms with Gasteiger partial charge in [-0.05, 0) is 18.8 Å². The molecule has 2 nitrogen and oxygen atoms in total. The van der Waals surface area contributed by atoms with Gasteiger partial charge in [0.05, 0.1) is 6.10 Å². The Balaban J connectivity index is 3.88. The average molecular weight is 214 g/mol. The van der Waals surface area contributed by atoms with Crippen LogP contribution in [-0.2, 0) is 9.53 Å². The second-order valence-electron chi connectivity index (χ2n) is 5.23. The van der Waals surface area contributed by atoms with E-state index in [4.69, 9.17) is 4.74 Å². The summed E-state index contributed by atoms with van der Waals surface area (Å²) in [5.74, 6) is 1.35. The quantitative estimate of drug-likeness (QED) is 0.650. The van der Waals surface area contributed by atoms with Gasteiger partial charge in [-0.3, -0.25) is 4.79 Å². The van der Waals surface area contributed by atoms with E-state index in [-0.39, 0.29) is 12.0 Å². The van der Waals surface area contributed by atoms with Crippen LogP contribution in [0.3, 0.4) is 0 Å². The van der Waals surface area contributed by atoms with E-state index in [0.29, 0.717) is 24.0 Å². The summed E-state index contributed by atoms with van der Waals surface area (Å²) in [6.07, 6.45) is 0.812. The molecule has 0 aliphatic rings. The second-order valence-corrected chi connectivity index (χ2v) is 5.23. The lowest BCUT2D eigenvalue weighted by Gasteiger charge is -2.21. The zero-order valence-electron chi connectivity index (χ0n) is 11.0. The lowest BCUT2D eigenvalue weighted by Crippen LogP contribution is -2.24. The van der Waals surface area contributed by atoms with E-state index in [1.807, 2.05) is 13.8 Å². The van der Waals surface area contributed by atoms with Crippen LogP contribution in [-0.4, -0.2) is 18.5 Å². The van der Waals surface area contributed by atoms with Crippen molar-refractivity contribution in [2.24, 2.45) is 17.8 Å². The first kappa shape index (κ1) is 14.6. The Morgan fingerprint density at radius 1 is 1.07 bits per heavy atom. The van der Waals surface area contributed by atoms with Gasteiger partial charge in [0.25, 0.3) is 0 Å². The summed E-state index contributed by atoms with van der Waals surface area (Å²) in [6.45, 7) is 13.1. The van der Waals surface area contributed by atoms with Crippen LogP contribution in [0.2, 0.25) is 0 Å². The van der Waals surface area contributed by atoms with Crippen molar-refractivity contribution in [3.8, 4) is 0 Å². The number of ketones is 1. The topological polar surface area (TPSA) is 26.3 Å². The SMILES string of the molecule is CC(C)COC(C)[C@H](C)CC(=O)C(C)C. The van der Waals surface area contributed by atoms with Crippen LogP contribution in [0.1, 0.15) is 48.0 Å². The van der Waals surface area contributed by atoms with Gasteiger partial charge in [-0.25, -0.2) is 0 Å². The minimum Gasteiger partial charge on any atom is -0.378 e. The Morgan fingerprint density at radius 3 is 2.00 bits per heavy atom. The standard InChI is InChI=1S/C13H26O2/c1-9(2)8-15-12(6)11(5)7-13(14)10(3)4/h9-12H,7-8H2,1-6H3/t11-,12?/m1/s1. The van der Waals surface area contributed by atoms with Crippen molar-refractivity contribution in [3.05, 3.63) is 0 Å². The Labute approximate surface area is 94.4 Å². The molecular weight excluding hydrogens is 188 g/mol. The summed E-state index contributed by atoms with van der Waals surface area (Å²) >= 11 is 0. The molecule has 0 aliphatic carbocycles. The summed E-state index contributed by atoms with van der Waals surface area (Å²) in [4.78, 5) is 11.5. The third-order valence-corrected chi connectivity index (χ3v) is 2.66. The predicted molar refractivity (Wildman–Crippen MR) is 63.9 cm³/mol. The number of hydrogen-bond acceptors (Lipinski definition) is 2. The molecule has 0 amide bonds. The Morgan fingerprint density at radius 2 is 1.60 bits per heavy atom. The fourth-order valence-electron chi connectivity index (χ4n) is 1.23. The van der Waals surface area contributed by atoms with E-state index in [2.05, 4.69) is 27.7 Å². The molecule has 0 aromatic rings. The largest absolute Gasteiger partial charge is 0.378 e. The molecule has 15 heavy (non-hydrogen) atoms. The zero-order chi connectivity index (χ0) is 12.0. The van der Waals surface area contributed by atoms with E-state index in [1.165, 1.54) is 0 Å². The van der Waals surface area contributed by atoms with Crippen molar-refractivity contribution in [2.75, 3.05) is 6.61 Å². The number of carbonyl (C=O) groups excluding carboxylic acids is 1. The molecule has 2 heteroatoms. The van der Waals surface area contributed by atoms with E-state index in [9.17, 15) is 4.79 Å². The minimum atomic E-state index is 0.143. The van der Waals surface area contributed by atoms with E-state index >= 15 is 0 Å². The number of carbonyl (C=O) groups is 1. The first-order valence-corrected chi connectivity index (χ1v) is 5.98. The number of ether oxygens (including phenoxy) is 1. The first-order valence-electron chi connectivity index (χ1n) is 5.98. The smallest absolute Gasteiger partial charge is 0.135 e. The molecule has 0 saturated heterocycles. The third kappa shape index (κ3) is 6.67. The van der Waals surface area contributed by atoms with Gasteiger partial charge >= 0.3 is 0 Å². The Bertz CT molecular complexity index is 185. The van der Waals surface area contributed by atoms with Crippen molar-refractivity contribution >= 4 is 5.78 Å². The highest BCUT2D eigenvalue weighted by atomic mass is 16.5. The van der Waals surface area contributed by atoms with Crippen molar-refractivity contribution in [1.29, 1.82) is 0 Å². The molecule has 0 fully saturated rings. The molecule has 2 atom stereocenters. The lowest BCUT2D eigenvalue weighted by atomic mass is 9.94. The van der Waals surface area contributed by atoms with E-state index in [0.717, 1.165) is 6.61 Å². The maximum absolute atomic E-state index is 11.5. The summed E-state index contributed by atoms with van der Waals surface area (Å²) in [6, 6.07) is 0. The molecule has 0 saturated carbocycles. The normalized spacial score (nSPS) is 15.7. The maximum Gasteiger partial charge on any atom is 0.135 e. The zero-order valence-corrected chi connectivity index (χ0v) is 11.0. The number of Topliss-reactive ketones (excluding diaryl/α,β-unsaturated/α-hetero) is 1. The van der Waals surface area contributed by atoms with Gasteiger partial charge in [0.15, 0.2) is 0 Å². The van der Waals surface area contributed by atoms with Crippen molar-refractivity contribution in [1.82, 2.24) is 0 Å². The lowest BCUT2D eigenvalue weighted by molar-refractivity contribution is -0.124. The second kappa shape index (κ2) is 7.00. The van der Waals surface area contributed by atoms with Gasteiger partial charge in [-0.1, -0.05) is 34.6 Å². The van der Waals surface area contributed by atoms with Crippen LogP contribution in [0.4, 0.5) is 0 Å². The predicted octanol–water partition coefficient (Wildman–Crippen LogP) is 3.30. The molecule has 0 aliphatic heterocycles. The van der Waals surface area contributed by atoms with Crippen LogP contribution < -0.4 is 0 Å². The minimum absolute atomic E-state index is 0.143. The summed E-state index contributed by atoms with van der Waals surface area (Å²) < 4.78 is 5.69. The van der Waals surface area contributed by atoms with Gasteiger partial charge in [0.2, 0.25) is 0 Å². The van der Waals surface area contributed by atoms with E-state index in [1.54, 1.807) is 0 Å². The van der Waals surface area contributed by atoms with Crippen LogP contribution in [0, 0.1) is 17.8 Å². The molecule has 0 radical (unpaired) electrons. The van der Waals surface area contributed by atoms with Crippen LogP contribution in [0.15, 0.2) is 0 Å². The van der Waals surface area contributed by atoms with E-state index < -0.39 is 0 Å². The van der Waals surface area contributed by atoms with Gasteiger partial charge in [-0.15, -0.1) is 0 Å². The highest BCUT2D eigenvalue weighted by Gasteiger charge is 2.18. The fraction of sp³-hybridized carbons (Fsp3) is 0.923. The van der Waals surface area contributed by atoms with Crippen LogP contribution in [0.25, 0.3) is 0 Å². The van der Waals surface area contributed by atoms with Crippen LogP contribution in [0.5, 0.6) is 0 Å². The van der Waals surface area contributed by atoms with Gasteiger partial charge in [-0.2, -0.15) is 0 Å². The molecule has 90 valence electrons. The third-order valence-electron chi connectivity index (χ3n) is 2.66. The Kier molecular flexibility index (Phi) is 6.82. The summed E-state index contributed by atoms with van der Waals surface area (Å²) in [5.41, 5.74) is 0. The molecule has 0 spiro atoms. The molecular formula is C13H26O2. The monoisotopic (exact) mass is 214 g/mol. The molecule has 0 N–H and O–H groups in total. The fourth-order valence-corrected chi connectivity index (χ4v) is 1.23. The summed E-state index contributed by atoms with van der Waals surface area (Å²) in [7, 11) is 0. The number of rotatable bonds is 7. The van der Waals surface area contributed by atoms with Crippen molar-refractivity contribution < 1.29 is 9.53 Å². The molecule has 0 aromatic heterocycles. The Hall–Kier alpha value is -0.370. The van der Waals surface area contributed by atoms with Crippen LogP contribution >= 0.6 is 0 Å². The van der Waals surface area contributed by atoms with Crippen molar-refractivity contribution in [3.63, 3.8) is 0 Å². The molecule has 1 unspecified atom stereocenters. The molecule has 0 heterocycles.